The third-order valence-corrected chi connectivity index (χ3v) is 6.39. The fourth-order valence-corrected chi connectivity index (χ4v) is 4.36. The van der Waals surface area contributed by atoms with Crippen molar-refractivity contribution < 1.29 is 23.1 Å². The molecule has 0 saturated carbocycles. The summed E-state index contributed by atoms with van der Waals surface area (Å²) in [6.45, 7) is 6.80. The number of anilines is 1. The minimum atomic E-state index is -1.10. The lowest BCUT2D eigenvalue weighted by molar-refractivity contribution is 0.153. The Morgan fingerprint density at radius 3 is 2.56 bits per heavy atom. The van der Waals surface area contributed by atoms with Crippen molar-refractivity contribution in [2.75, 3.05) is 51.2 Å². The molecule has 0 radical (unpaired) electrons. The van der Waals surface area contributed by atoms with Gasteiger partial charge in [0.25, 0.3) is 0 Å². The Labute approximate surface area is 195 Å². The van der Waals surface area contributed by atoms with E-state index in [4.69, 9.17) is 4.42 Å². The second-order valence-electron chi connectivity index (χ2n) is 8.68. The molecule has 182 valence electrons. The minimum Gasteiger partial charge on any atom is -0.465 e. The van der Waals surface area contributed by atoms with E-state index in [1.165, 1.54) is 9.47 Å². The van der Waals surface area contributed by atoms with Gasteiger partial charge in [-0.05, 0) is 44.6 Å². The maximum absolute atomic E-state index is 13.8. The van der Waals surface area contributed by atoms with E-state index in [-0.39, 0.29) is 11.1 Å². The summed E-state index contributed by atoms with van der Waals surface area (Å²) < 4.78 is 33.7. The average molecular weight is 475 g/mol. The standard InChI is InChI=1S/C24H28F2N4O4/c1-16(30-21-14-19(25)20(26)15-22(21)34-24(30)33)17-5-3-6-18(13-17)29(23(31)32)8-4-7-28-11-9-27(2)10-12-28/h3,5-6,13-16H,4,7-12H2,1-2H3,(H,31,32). The Hall–Kier alpha value is -3.24. The van der Waals surface area contributed by atoms with Crippen molar-refractivity contribution in [3.8, 4) is 0 Å². The average Bonchev–Trinajstić information content (AvgIpc) is 3.12. The van der Waals surface area contributed by atoms with Gasteiger partial charge in [-0.2, -0.15) is 0 Å². The number of benzene rings is 2. The van der Waals surface area contributed by atoms with Gasteiger partial charge in [0, 0.05) is 50.5 Å². The van der Waals surface area contributed by atoms with Crippen molar-refractivity contribution in [1.29, 1.82) is 0 Å². The van der Waals surface area contributed by atoms with Gasteiger partial charge >= 0.3 is 11.8 Å². The van der Waals surface area contributed by atoms with Crippen LogP contribution in [0.5, 0.6) is 0 Å². The highest BCUT2D eigenvalue weighted by Crippen LogP contribution is 2.27. The molecule has 10 heteroatoms. The number of amides is 1. The lowest BCUT2D eigenvalue weighted by Crippen LogP contribution is -2.45. The number of aromatic nitrogens is 1. The van der Waals surface area contributed by atoms with Crippen LogP contribution in [-0.2, 0) is 0 Å². The summed E-state index contributed by atoms with van der Waals surface area (Å²) in [7, 11) is 2.09. The van der Waals surface area contributed by atoms with E-state index in [9.17, 15) is 23.5 Å². The molecule has 34 heavy (non-hydrogen) atoms. The molecule has 1 unspecified atom stereocenters. The first-order valence-corrected chi connectivity index (χ1v) is 11.3. The van der Waals surface area contributed by atoms with Crippen LogP contribution in [0.1, 0.15) is 24.9 Å². The van der Waals surface area contributed by atoms with Crippen LogP contribution in [0.3, 0.4) is 0 Å². The largest absolute Gasteiger partial charge is 0.465 e. The predicted molar refractivity (Wildman–Crippen MR) is 125 cm³/mol. The molecule has 2 aromatic carbocycles. The van der Waals surface area contributed by atoms with Crippen molar-refractivity contribution in [1.82, 2.24) is 14.4 Å². The third kappa shape index (κ3) is 4.97. The topological polar surface area (TPSA) is 82.2 Å². The van der Waals surface area contributed by atoms with Gasteiger partial charge in [0.1, 0.15) is 0 Å². The zero-order valence-electron chi connectivity index (χ0n) is 19.2. The van der Waals surface area contributed by atoms with Gasteiger partial charge in [0.15, 0.2) is 17.2 Å². The first-order valence-electron chi connectivity index (χ1n) is 11.3. The van der Waals surface area contributed by atoms with Crippen LogP contribution in [0.2, 0.25) is 0 Å². The van der Waals surface area contributed by atoms with Crippen LogP contribution in [-0.4, -0.2) is 71.9 Å². The van der Waals surface area contributed by atoms with Gasteiger partial charge in [0.2, 0.25) is 0 Å². The summed E-state index contributed by atoms with van der Waals surface area (Å²) in [5, 5.41) is 9.81. The molecule has 1 saturated heterocycles. The van der Waals surface area contributed by atoms with Crippen LogP contribution >= 0.6 is 0 Å². The number of halogens is 2. The minimum absolute atomic E-state index is 0.0528. The summed E-state index contributed by atoms with van der Waals surface area (Å²) in [6.07, 6.45) is -0.376. The first-order chi connectivity index (χ1) is 16.2. The van der Waals surface area contributed by atoms with Gasteiger partial charge < -0.3 is 19.3 Å². The Balaban J connectivity index is 1.53. The molecule has 1 amide bonds. The van der Waals surface area contributed by atoms with E-state index >= 15 is 0 Å². The second-order valence-corrected chi connectivity index (χ2v) is 8.68. The van der Waals surface area contributed by atoms with E-state index in [2.05, 4.69) is 16.8 Å². The van der Waals surface area contributed by atoms with Crippen LogP contribution in [0.4, 0.5) is 19.3 Å². The summed E-state index contributed by atoms with van der Waals surface area (Å²) in [5.74, 6) is -2.93. The second kappa shape index (κ2) is 9.94. The number of fused-ring (bicyclic) bond motifs is 1. The van der Waals surface area contributed by atoms with Crippen LogP contribution in [0.25, 0.3) is 11.1 Å². The Bertz CT molecular complexity index is 1230. The predicted octanol–water partition coefficient (Wildman–Crippen LogP) is 3.60. The molecule has 0 bridgehead atoms. The Kier molecular flexibility index (Phi) is 6.99. The maximum Gasteiger partial charge on any atom is 0.420 e. The summed E-state index contributed by atoms with van der Waals surface area (Å²) >= 11 is 0. The van der Waals surface area contributed by atoms with Crippen molar-refractivity contribution in [3.63, 3.8) is 0 Å². The molecule has 1 aliphatic rings. The van der Waals surface area contributed by atoms with Crippen LogP contribution in [0, 0.1) is 11.6 Å². The number of carboxylic acid groups (broad SMARTS) is 1. The van der Waals surface area contributed by atoms with Crippen molar-refractivity contribution >= 4 is 22.9 Å². The van der Waals surface area contributed by atoms with E-state index in [1.807, 2.05) is 0 Å². The molecule has 1 N–H and O–H groups in total. The maximum atomic E-state index is 13.8. The monoisotopic (exact) mass is 474 g/mol. The fraction of sp³-hybridized carbons (Fsp3) is 0.417. The van der Waals surface area contributed by atoms with E-state index in [1.54, 1.807) is 31.2 Å². The molecule has 1 atom stereocenters. The molecule has 4 rings (SSSR count). The van der Waals surface area contributed by atoms with Gasteiger partial charge in [-0.3, -0.25) is 9.47 Å². The van der Waals surface area contributed by atoms with E-state index in [0.717, 1.165) is 44.9 Å². The SMILES string of the molecule is CC(c1cccc(N(CCCN2CCN(C)CC2)C(=O)O)c1)n1c(=O)oc2cc(F)c(F)cc21. The number of hydrogen-bond acceptors (Lipinski definition) is 5. The summed E-state index contributed by atoms with van der Waals surface area (Å²) in [5.41, 5.74) is 1.19. The zero-order chi connectivity index (χ0) is 24.4. The highest BCUT2D eigenvalue weighted by Gasteiger charge is 2.21. The van der Waals surface area contributed by atoms with Crippen LogP contribution in [0.15, 0.2) is 45.6 Å². The van der Waals surface area contributed by atoms with Gasteiger partial charge in [-0.15, -0.1) is 0 Å². The van der Waals surface area contributed by atoms with E-state index < -0.39 is 29.5 Å². The smallest absolute Gasteiger partial charge is 0.420 e. The number of rotatable bonds is 7. The fourth-order valence-electron chi connectivity index (χ4n) is 4.36. The number of carbonyl (C=O) groups is 1. The number of oxazole rings is 1. The quantitative estimate of drug-likeness (QED) is 0.564. The molecule has 1 fully saturated rings. The van der Waals surface area contributed by atoms with Gasteiger partial charge in [-0.25, -0.2) is 18.4 Å². The number of hydrogen-bond donors (Lipinski definition) is 1. The van der Waals surface area contributed by atoms with Gasteiger partial charge in [0.05, 0.1) is 11.6 Å². The lowest BCUT2D eigenvalue weighted by atomic mass is 10.1. The molecule has 1 aromatic heterocycles. The molecular formula is C24H28F2N4O4. The first kappa shape index (κ1) is 23.9. The zero-order valence-corrected chi connectivity index (χ0v) is 19.2. The molecule has 1 aliphatic heterocycles. The highest BCUT2D eigenvalue weighted by atomic mass is 19.2. The summed E-state index contributed by atoms with van der Waals surface area (Å²) in [6, 6.07) is 8.04. The number of likely N-dealkylation sites (N-methyl/N-ethyl adjacent to an activating group) is 1. The lowest BCUT2D eigenvalue weighted by Gasteiger charge is -2.32. The number of nitrogens with zero attached hydrogens (tertiary/aromatic N) is 4. The molecule has 0 aliphatic carbocycles. The van der Waals surface area contributed by atoms with Gasteiger partial charge in [-0.1, -0.05) is 12.1 Å². The Morgan fingerprint density at radius 2 is 1.85 bits per heavy atom. The molecule has 0 spiro atoms. The Morgan fingerprint density at radius 1 is 1.15 bits per heavy atom. The van der Waals surface area contributed by atoms with Crippen molar-refractivity contribution in [2.45, 2.75) is 19.4 Å². The van der Waals surface area contributed by atoms with Crippen molar-refractivity contribution in [2.24, 2.45) is 0 Å². The molecule has 8 nitrogen and oxygen atoms in total. The highest BCUT2D eigenvalue weighted by molar-refractivity contribution is 5.86. The molecule has 3 aromatic rings. The summed E-state index contributed by atoms with van der Waals surface area (Å²) in [4.78, 5) is 30.3. The number of piperazine rings is 1. The van der Waals surface area contributed by atoms with Crippen LogP contribution < -0.4 is 10.7 Å². The third-order valence-electron chi connectivity index (χ3n) is 6.39. The molecule has 2 heterocycles. The molecular weight excluding hydrogens is 446 g/mol. The van der Waals surface area contributed by atoms with Crippen molar-refractivity contribution in [3.05, 3.63) is 64.1 Å². The normalized spacial score (nSPS) is 16.1. The van der Waals surface area contributed by atoms with E-state index in [0.29, 0.717) is 24.2 Å².